The molecule has 2 amide bonds. The molecule has 2 atom stereocenters. The molecular weight excluding hydrogens is 346 g/mol. The maximum absolute atomic E-state index is 12.7. The van der Waals surface area contributed by atoms with Gasteiger partial charge in [-0.15, -0.1) is 0 Å². The normalized spacial score (nSPS) is 26.9. The minimum absolute atomic E-state index is 0.00420. The van der Waals surface area contributed by atoms with Crippen LogP contribution in [-0.4, -0.2) is 60.4 Å². The number of ether oxygens (including phenoxy) is 1. The third kappa shape index (κ3) is 3.83. The van der Waals surface area contributed by atoms with Crippen LogP contribution in [-0.2, 0) is 14.4 Å². The molecule has 27 heavy (non-hydrogen) atoms. The van der Waals surface area contributed by atoms with Crippen molar-refractivity contribution in [1.29, 1.82) is 0 Å². The summed E-state index contributed by atoms with van der Waals surface area (Å²) in [5.74, 6) is -0.207. The van der Waals surface area contributed by atoms with Crippen molar-refractivity contribution in [2.75, 3.05) is 26.2 Å². The molecule has 1 aromatic carbocycles. The molecule has 3 heterocycles. The summed E-state index contributed by atoms with van der Waals surface area (Å²) < 4.78 is 5.52. The zero-order chi connectivity index (χ0) is 18.9. The first-order valence-electron chi connectivity index (χ1n) is 9.55. The van der Waals surface area contributed by atoms with Crippen molar-refractivity contribution in [3.05, 3.63) is 35.4 Å². The standard InChI is InChI=1S/C20H25N3O4/c1-14-4-2-5-15(10-14)19(25)23-8-7-20(13-23)11-17(22-27-20)18(24)21-12-16-6-3-9-26-16/h2,4-5,10,16H,3,6-9,11-13H2,1H3,(H,21,24)/t16-,20-/m1/s1. The van der Waals surface area contributed by atoms with Crippen molar-refractivity contribution in [2.24, 2.45) is 5.16 Å². The molecule has 7 nitrogen and oxygen atoms in total. The summed E-state index contributed by atoms with van der Waals surface area (Å²) in [5.41, 5.74) is 1.56. The smallest absolute Gasteiger partial charge is 0.269 e. The lowest BCUT2D eigenvalue weighted by Gasteiger charge is -2.21. The number of nitrogens with one attached hydrogen (secondary N) is 1. The second-order valence-corrected chi connectivity index (χ2v) is 7.68. The molecule has 0 bridgehead atoms. The fourth-order valence-electron chi connectivity index (χ4n) is 3.95. The average molecular weight is 371 g/mol. The molecule has 0 aliphatic carbocycles. The van der Waals surface area contributed by atoms with Gasteiger partial charge in [-0.2, -0.15) is 0 Å². The van der Waals surface area contributed by atoms with Crippen LogP contribution in [0.3, 0.4) is 0 Å². The van der Waals surface area contributed by atoms with Gasteiger partial charge in [-0.1, -0.05) is 22.9 Å². The highest BCUT2D eigenvalue weighted by molar-refractivity contribution is 6.39. The lowest BCUT2D eigenvalue weighted by atomic mass is 9.96. The van der Waals surface area contributed by atoms with E-state index in [4.69, 9.17) is 9.57 Å². The van der Waals surface area contributed by atoms with E-state index in [0.29, 0.717) is 43.8 Å². The molecule has 2 saturated heterocycles. The predicted molar refractivity (Wildman–Crippen MR) is 99.6 cm³/mol. The minimum atomic E-state index is -0.573. The monoisotopic (exact) mass is 371 g/mol. The first kappa shape index (κ1) is 18.0. The van der Waals surface area contributed by atoms with E-state index in [1.807, 2.05) is 31.2 Å². The van der Waals surface area contributed by atoms with Crippen molar-refractivity contribution in [3.63, 3.8) is 0 Å². The molecule has 0 aromatic heterocycles. The van der Waals surface area contributed by atoms with Gasteiger partial charge in [0.05, 0.1) is 12.6 Å². The second-order valence-electron chi connectivity index (χ2n) is 7.68. The number of likely N-dealkylation sites (tertiary alicyclic amines) is 1. The Balaban J connectivity index is 1.32. The maximum Gasteiger partial charge on any atom is 0.269 e. The highest BCUT2D eigenvalue weighted by atomic mass is 16.7. The summed E-state index contributed by atoms with van der Waals surface area (Å²) in [6.07, 6.45) is 3.22. The van der Waals surface area contributed by atoms with Gasteiger partial charge >= 0.3 is 0 Å². The zero-order valence-corrected chi connectivity index (χ0v) is 15.6. The van der Waals surface area contributed by atoms with Gasteiger partial charge in [0, 0.05) is 38.1 Å². The first-order chi connectivity index (χ1) is 13.0. The zero-order valence-electron chi connectivity index (χ0n) is 15.6. The summed E-state index contributed by atoms with van der Waals surface area (Å²) >= 11 is 0. The Bertz CT molecular complexity index is 772. The van der Waals surface area contributed by atoms with Crippen molar-refractivity contribution in [3.8, 4) is 0 Å². The summed E-state index contributed by atoms with van der Waals surface area (Å²) in [6, 6.07) is 7.58. The molecule has 1 aromatic rings. The van der Waals surface area contributed by atoms with Crippen LogP contribution in [0.15, 0.2) is 29.4 Å². The number of hydrogen-bond acceptors (Lipinski definition) is 5. The molecule has 0 unspecified atom stereocenters. The lowest BCUT2D eigenvalue weighted by molar-refractivity contribution is -0.115. The Kier molecular flexibility index (Phi) is 4.86. The Morgan fingerprint density at radius 3 is 3.07 bits per heavy atom. The van der Waals surface area contributed by atoms with Crippen LogP contribution in [0.25, 0.3) is 0 Å². The topological polar surface area (TPSA) is 80.2 Å². The molecule has 3 aliphatic rings. The molecule has 3 aliphatic heterocycles. The summed E-state index contributed by atoms with van der Waals surface area (Å²) in [6.45, 7) is 4.29. The second kappa shape index (κ2) is 7.31. The SMILES string of the molecule is Cc1cccc(C(=O)N2CC[C@@]3(CC(C(=O)NC[C@H]4CCCO4)=NO3)C2)c1. The number of aryl methyl sites for hydroxylation is 1. The lowest BCUT2D eigenvalue weighted by Crippen LogP contribution is -2.40. The van der Waals surface area contributed by atoms with Crippen LogP contribution in [0, 0.1) is 6.92 Å². The van der Waals surface area contributed by atoms with E-state index in [1.165, 1.54) is 0 Å². The number of nitrogens with zero attached hydrogens (tertiary/aromatic N) is 2. The van der Waals surface area contributed by atoms with Crippen molar-refractivity contribution < 1.29 is 19.2 Å². The number of hydrogen-bond donors (Lipinski definition) is 1. The highest BCUT2D eigenvalue weighted by Gasteiger charge is 2.48. The number of rotatable bonds is 4. The quantitative estimate of drug-likeness (QED) is 0.873. The summed E-state index contributed by atoms with van der Waals surface area (Å²) in [5, 5.41) is 6.91. The number of amides is 2. The summed E-state index contributed by atoms with van der Waals surface area (Å²) in [4.78, 5) is 32.5. The van der Waals surface area contributed by atoms with Crippen molar-refractivity contribution in [2.45, 2.75) is 44.3 Å². The van der Waals surface area contributed by atoms with E-state index in [-0.39, 0.29) is 17.9 Å². The van der Waals surface area contributed by atoms with Gasteiger partial charge in [-0.3, -0.25) is 9.59 Å². The third-order valence-electron chi connectivity index (χ3n) is 5.48. The van der Waals surface area contributed by atoms with Crippen LogP contribution in [0.4, 0.5) is 0 Å². The van der Waals surface area contributed by atoms with Crippen LogP contribution in [0.5, 0.6) is 0 Å². The minimum Gasteiger partial charge on any atom is -0.386 e. The fraction of sp³-hybridized carbons (Fsp3) is 0.550. The molecule has 0 saturated carbocycles. The van der Waals surface area contributed by atoms with E-state index in [2.05, 4.69) is 10.5 Å². The van der Waals surface area contributed by atoms with Gasteiger partial charge < -0.3 is 19.8 Å². The van der Waals surface area contributed by atoms with Crippen LogP contribution >= 0.6 is 0 Å². The van der Waals surface area contributed by atoms with Gasteiger partial charge in [0.1, 0.15) is 5.71 Å². The van der Waals surface area contributed by atoms with Crippen LogP contribution in [0.1, 0.15) is 41.6 Å². The average Bonchev–Trinajstić information content (AvgIpc) is 3.41. The number of carbonyl (C=O) groups is 2. The first-order valence-corrected chi connectivity index (χ1v) is 9.55. The molecular formula is C20H25N3O4. The van der Waals surface area contributed by atoms with E-state index in [1.54, 1.807) is 4.90 Å². The Hall–Kier alpha value is -2.41. The van der Waals surface area contributed by atoms with Crippen LogP contribution < -0.4 is 5.32 Å². The predicted octanol–water partition coefficient (Wildman–Crippen LogP) is 1.65. The third-order valence-corrected chi connectivity index (χ3v) is 5.48. The highest BCUT2D eigenvalue weighted by Crippen LogP contribution is 2.34. The number of oxime groups is 1. The number of benzene rings is 1. The van der Waals surface area contributed by atoms with Gasteiger partial charge in [-0.25, -0.2) is 0 Å². The molecule has 4 rings (SSSR count). The van der Waals surface area contributed by atoms with Gasteiger partial charge in [-0.05, 0) is 31.9 Å². The Labute approximate surface area is 158 Å². The van der Waals surface area contributed by atoms with Crippen molar-refractivity contribution >= 4 is 17.5 Å². The Morgan fingerprint density at radius 2 is 2.30 bits per heavy atom. The van der Waals surface area contributed by atoms with E-state index >= 15 is 0 Å². The molecule has 0 radical (unpaired) electrons. The maximum atomic E-state index is 12.7. The van der Waals surface area contributed by atoms with Crippen molar-refractivity contribution in [1.82, 2.24) is 10.2 Å². The molecule has 1 N–H and O–H groups in total. The van der Waals surface area contributed by atoms with E-state index in [9.17, 15) is 9.59 Å². The van der Waals surface area contributed by atoms with Crippen LogP contribution in [0.2, 0.25) is 0 Å². The molecule has 144 valence electrons. The number of carbonyl (C=O) groups excluding carboxylic acids is 2. The fourth-order valence-corrected chi connectivity index (χ4v) is 3.95. The largest absolute Gasteiger partial charge is 0.386 e. The molecule has 2 fully saturated rings. The van der Waals surface area contributed by atoms with E-state index < -0.39 is 5.60 Å². The van der Waals surface area contributed by atoms with Gasteiger partial charge in [0.25, 0.3) is 11.8 Å². The molecule has 7 heteroatoms. The van der Waals surface area contributed by atoms with E-state index in [0.717, 1.165) is 25.0 Å². The van der Waals surface area contributed by atoms with Gasteiger partial charge in [0.15, 0.2) is 5.60 Å². The Morgan fingerprint density at radius 1 is 1.41 bits per heavy atom. The van der Waals surface area contributed by atoms with Gasteiger partial charge in [0.2, 0.25) is 0 Å². The molecule has 1 spiro atoms. The summed E-state index contributed by atoms with van der Waals surface area (Å²) in [7, 11) is 0.